The van der Waals surface area contributed by atoms with E-state index < -0.39 is 0 Å². The van der Waals surface area contributed by atoms with Gasteiger partial charge in [-0.2, -0.15) is 0 Å². The normalized spacial score (nSPS) is 18.7. The molecule has 0 bridgehead atoms. The van der Waals surface area contributed by atoms with E-state index in [4.69, 9.17) is 5.73 Å². The Morgan fingerprint density at radius 1 is 1.50 bits per heavy atom. The Hall–Kier alpha value is -0.300. The fourth-order valence-corrected chi connectivity index (χ4v) is 1.13. The van der Waals surface area contributed by atoms with Gasteiger partial charge in [0, 0.05) is 6.04 Å². The van der Waals surface area contributed by atoms with E-state index in [1.165, 1.54) is 5.57 Å². The lowest BCUT2D eigenvalue weighted by Gasteiger charge is -2.17. The van der Waals surface area contributed by atoms with E-state index in [9.17, 15) is 0 Å². The van der Waals surface area contributed by atoms with Gasteiger partial charge in [0.05, 0.1) is 0 Å². The van der Waals surface area contributed by atoms with E-state index >= 15 is 0 Å². The molecule has 0 heterocycles. The van der Waals surface area contributed by atoms with Gasteiger partial charge in [-0.1, -0.05) is 25.5 Å². The maximum absolute atomic E-state index is 5.75. The fourth-order valence-electron chi connectivity index (χ4n) is 1.13. The maximum atomic E-state index is 5.75. The van der Waals surface area contributed by atoms with Crippen LogP contribution in [0.4, 0.5) is 0 Å². The standard InChI is InChI=1S/C9H19N/c1-5-9(6-2)7(3)8(4)10/h5,7-8H,6,10H2,1-4H3/b9-5+/t7-,8?/m0/s1. The van der Waals surface area contributed by atoms with Gasteiger partial charge >= 0.3 is 0 Å². The lowest BCUT2D eigenvalue weighted by Crippen LogP contribution is -2.25. The highest BCUT2D eigenvalue weighted by Crippen LogP contribution is 2.15. The topological polar surface area (TPSA) is 26.0 Å². The zero-order chi connectivity index (χ0) is 8.15. The zero-order valence-electron chi connectivity index (χ0n) is 7.52. The third-order valence-electron chi connectivity index (χ3n) is 2.15. The fraction of sp³-hybridized carbons (Fsp3) is 0.778. The summed E-state index contributed by atoms with van der Waals surface area (Å²) in [5.41, 5.74) is 7.21. The lowest BCUT2D eigenvalue weighted by molar-refractivity contribution is 0.539. The minimum Gasteiger partial charge on any atom is -0.327 e. The van der Waals surface area contributed by atoms with Gasteiger partial charge < -0.3 is 5.73 Å². The molecule has 2 atom stereocenters. The maximum Gasteiger partial charge on any atom is 0.00734 e. The van der Waals surface area contributed by atoms with Crippen molar-refractivity contribution in [1.82, 2.24) is 0 Å². The van der Waals surface area contributed by atoms with E-state index in [2.05, 4.69) is 33.8 Å². The van der Waals surface area contributed by atoms with Crippen molar-refractivity contribution in [2.75, 3.05) is 0 Å². The summed E-state index contributed by atoms with van der Waals surface area (Å²) in [6, 6.07) is 0.283. The van der Waals surface area contributed by atoms with Crippen molar-refractivity contribution in [3.05, 3.63) is 11.6 Å². The monoisotopic (exact) mass is 141 g/mol. The molecule has 1 nitrogen and oxygen atoms in total. The molecule has 0 aromatic rings. The van der Waals surface area contributed by atoms with Gasteiger partial charge in [-0.15, -0.1) is 0 Å². The number of allylic oxidation sites excluding steroid dienone is 1. The summed E-state index contributed by atoms with van der Waals surface area (Å²) in [4.78, 5) is 0. The second-order valence-electron chi connectivity index (χ2n) is 2.86. The Bertz CT molecular complexity index is 114. The van der Waals surface area contributed by atoms with Gasteiger partial charge in [-0.05, 0) is 26.2 Å². The van der Waals surface area contributed by atoms with Crippen molar-refractivity contribution in [1.29, 1.82) is 0 Å². The first-order valence-corrected chi connectivity index (χ1v) is 4.04. The van der Waals surface area contributed by atoms with Gasteiger partial charge in [0.25, 0.3) is 0 Å². The van der Waals surface area contributed by atoms with Crippen LogP contribution in [-0.2, 0) is 0 Å². The highest BCUT2D eigenvalue weighted by atomic mass is 14.6. The van der Waals surface area contributed by atoms with Crippen molar-refractivity contribution in [3.8, 4) is 0 Å². The lowest BCUT2D eigenvalue weighted by atomic mass is 9.93. The molecule has 0 amide bonds. The molecule has 0 aliphatic carbocycles. The van der Waals surface area contributed by atoms with Crippen LogP contribution in [0.5, 0.6) is 0 Å². The molecular weight excluding hydrogens is 122 g/mol. The summed E-state index contributed by atoms with van der Waals surface area (Å²) in [5, 5.41) is 0. The Balaban J connectivity index is 4.03. The van der Waals surface area contributed by atoms with Crippen LogP contribution in [0.15, 0.2) is 11.6 Å². The molecule has 0 aliphatic rings. The van der Waals surface area contributed by atoms with Crippen molar-refractivity contribution in [2.45, 2.75) is 40.2 Å². The molecule has 0 saturated heterocycles. The molecule has 0 spiro atoms. The van der Waals surface area contributed by atoms with Crippen molar-refractivity contribution in [3.63, 3.8) is 0 Å². The first kappa shape index (κ1) is 9.70. The van der Waals surface area contributed by atoms with Crippen LogP contribution in [0.3, 0.4) is 0 Å². The van der Waals surface area contributed by atoms with Crippen molar-refractivity contribution in [2.24, 2.45) is 11.7 Å². The van der Waals surface area contributed by atoms with E-state index in [1.807, 2.05) is 0 Å². The number of nitrogens with two attached hydrogens (primary N) is 1. The highest BCUT2D eigenvalue weighted by molar-refractivity contribution is 5.05. The Morgan fingerprint density at radius 3 is 2.10 bits per heavy atom. The molecule has 0 radical (unpaired) electrons. The van der Waals surface area contributed by atoms with Gasteiger partial charge in [-0.3, -0.25) is 0 Å². The van der Waals surface area contributed by atoms with Crippen LogP contribution in [0, 0.1) is 5.92 Å². The van der Waals surface area contributed by atoms with Gasteiger partial charge in [0.15, 0.2) is 0 Å². The van der Waals surface area contributed by atoms with Crippen LogP contribution in [0.1, 0.15) is 34.1 Å². The molecule has 0 aliphatic heterocycles. The van der Waals surface area contributed by atoms with Crippen LogP contribution in [0.25, 0.3) is 0 Å². The van der Waals surface area contributed by atoms with Gasteiger partial charge in [-0.25, -0.2) is 0 Å². The SMILES string of the molecule is C/C=C(\CC)[C@@H](C)C(C)N. The van der Waals surface area contributed by atoms with Gasteiger partial charge in [0.1, 0.15) is 0 Å². The van der Waals surface area contributed by atoms with Crippen LogP contribution in [0.2, 0.25) is 0 Å². The Labute approximate surface area is 64.3 Å². The summed E-state index contributed by atoms with van der Waals surface area (Å²) in [6.45, 7) is 8.50. The second kappa shape index (κ2) is 4.51. The minimum atomic E-state index is 0.283. The Kier molecular flexibility index (Phi) is 4.37. The summed E-state index contributed by atoms with van der Waals surface area (Å²) >= 11 is 0. The predicted octanol–water partition coefficient (Wildman–Crippen LogP) is 2.33. The molecule has 10 heavy (non-hydrogen) atoms. The van der Waals surface area contributed by atoms with Crippen LogP contribution >= 0.6 is 0 Å². The average Bonchev–Trinajstić information content (AvgIpc) is 1.90. The molecule has 1 unspecified atom stereocenters. The molecule has 0 fully saturated rings. The second-order valence-corrected chi connectivity index (χ2v) is 2.86. The summed E-state index contributed by atoms with van der Waals surface area (Å²) < 4.78 is 0. The van der Waals surface area contributed by atoms with E-state index in [1.54, 1.807) is 0 Å². The third-order valence-corrected chi connectivity index (χ3v) is 2.15. The minimum absolute atomic E-state index is 0.283. The largest absolute Gasteiger partial charge is 0.327 e. The van der Waals surface area contributed by atoms with Crippen molar-refractivity contribution >= 4 is 0 Å². The summed E-state index contributed by atoms with van der Waals surface area (Å²) in [5.74, 6) is 0.537. The quantitative estimate of drug-likeness (QED) is 0.600. The first-order chi connectivity index (χ1) is 4.63. The molecule has 60 valence electrons. The summed E-state index contributed by atoms with van der Waals surface area (Å²) in [6.07, 6.45) is 3.30. The smallest absolute Gasteiger partial charge is 0.00734 e. The van der Waals surface area contributed by atoms with E-state index in [-0.39, 0.29) is 6.04 Å². The highest BCUT2D eigenvalue weighted by Gasteiger charge is 2.09. The zero-order valence-corrected chi connectivity index (χ0v) is 7.52. The predicted molar refractivity (Wildman–Crippen MR) is 46.9 cm³/mol. The van der Waals surface area contributed by atoms with E-state index in [0.717, 1.165) is 6.42 Å². The van der Waals surface area contributed by atoms with Gasteiger partial charge in [0.2, 0.25) is 0 Å². The number of hydrogen-bond acceptors (Lipinski definition) is 1. The van der Waals surface area contributed by atoms with Crippen LogP contribution in [-0.4, -0.2) is 6.04 Å². The Morgan fingerprint density at radius 2 is 2.00 bits per heavy atom. The average molecular weight is 141 g/mol. The molecule has 0 rings (SSSR count). The molecular formula is C9H19N. The molecule has 0 aromatic carbocycles. The number of hydrogen-bond donors (Lipinski definition) is 1. The van der Waals surface area contributed by atoms with E-state index in [0.29, 0.717) is 5.92 Å². The molecule has 1 heteroatoms. The number of rotatable bonds is 3. The molecule has 2 N–H and O–H groups in total. The molecule has 0 saturated carbocycles. The molecule has 0 aromatic heterocycles. The van der Waals surface area contributed by atoms with Crippen molar-refractivity contribution < 1.29 is 0 Å². The first-order valence-electron chi connectivity index (χ1n) is 4.04. The third kappa shape index (κ3) is 2.53. The summed E-state index contributed by atoms with van der Waals surface area (Å²) in [7, 11) is 0. The van der Waals surface area contributed by atoms with Crippen LogP contribution < -0.4 is 5.73 Å².